The molecular weight excluding hydrogens is 282 g/mol. The van der Waals surface area contributed by atoms with Crippen molar-refractivity contribution < 1.29 is 9.32 Å². The summed E-state index contributed by atoms with van der Waals surface area (Å²) in [6, 6.07) is 3.56. The molecule has 2 N–H and O–H groups in total. The average Bonchev–Trinajstić information content (AvgIpc) is 3.18. The van der Waals surface area contributed by atoms with Gasteiger partial charge in [0.2, 0.25) is 11.8 Å². The highest BCUT2D eigenvalue weighted by Crippen LogP contribution is 2.27. The van der Waals surface area contributed by atoms with Crippen LogP contribution in [0.3, 0.4) is 0 Å². The van der Waals surface area contributed by atoms with E-state index >= 15 is 0 Å². The molecule has 0 aromatic carbocycles. The van der Waals surface area contributed by atoms with E-state index in [0.29, 0.717) is 11.8 Å². The van der Waals surface area contributed by atoms with Crippen molar-refractivity contribution in [3.05, 3.63) is 29.7 Å². The zero-order valence-corrected chi connectivity index (χ0v) is 12.9. The molecule has 1 fully saturated rings. The molecule has 2 aromatic rings. The van der Waals surface area contributed by atoms with Crippen molar-refractivity contribution in [1.29, 1.82) is 0 Å². The van der Waals surface area contributed by atoms with Crippen LogP contribution in [0.1, 0.15) is 37.1 Å². The number of rotatable bonds is 4. The summed E-state index contributed by atoms with van der Waals surface area (Å²) in [5, 5.41) is 13.6. The van der Waals surface area contributed by atoms with Gasteiger partial charge in [-0.1, -0.05) is 5.16 Å². The Morgan fingerprint density at radius 3 is 2.86 bits per heavy atom. The molecule has 3 heterocycles. The van der Waals surface area contributed by atoms with Crippen LogP contribution < -0.4 is 5.32 Å². The Hall–Kier alpha value is -2.15. The maximum Gasteiger partial charge on any atom is 0.243 e. The van der Waals surface area contributed by atoms with Gasteiger partial charge in [0.15, 0.2) is 0 Å². The number of anilines is 1. The zero-order valence-electron chi connectivity index (χ0n) is 12.9. The van der Waals surface area contributed by atoms with Crippen LogP contribution in [0.2, 0.25) is 0 Å². The number of nitrogens with one attached hydrogen (secondary N) is 2. The normalized spacial score (nSPS) is 18.3. The lowest BCUT2D eigenvalue weighted by atomic mass is 9.93. The average molecular weight is 303 g/mol. The molecule has 3 rings (SSSR count). The van der Waals surface area contributed by atoms with E-state index in [1.807, 2.05) is 19.9 Å². The van der Waals surface area contributed by atoms with Gasteiger partial charge >= 0.3 is 0 Å². The standard InChI is InChI=1S/C15H21N5O2/c1-10-9-14(22-19-10)17-15(21)11(2)20-7-4-12(5-8-20)13-3-6-16-18-13/h3,6,9,11-12H,4-5,7-8H2,1-2H3,(H,16,18)(H,17,21)/t11-/m1/s1. The number of hydrogen-bond donors (Lipinski definition) is 2. The van der Waals surface area contributed by atoms with E-state index in [1.165, 1.54) is 5.69 Å². The van der Waals surface area contributed by atoms with Crippen LogP contribution in [0, 0.1) is 6.92 Å². The van der Waals surface area contributed by atoms with E-state index in [1.54, 1.807) is 12.3 Å². The Morgan fingerprint density at radius 2 is 2.27 bits per heavy atom. The Bertz CT molecular complexity index is 614. The number of carbonyl (C=O) groups is 1. The highest BCUT2D eigenvalue weighted by atomic mass is 16.5. The summed E-state index contributed by atoms with van der Waals surface area (Å²) < 4.78 is 5.03. The van der Waals surface area contributed by atoms with Crippen LogP contribution in [0.4, 0.5) is 5.88 Å². The number of hydrogen-bond acceptors (Lipinski definition) is 5. The number of nitrogens with zero attached hydrogens (tertiary/aromatic N) is 3. The van der Waals surface area contributed by atoms with Crippen LogP contribution in [0.25, 0.3) is 0 Å². The Labute approximate surface area is 129 Å². The molecule has 0 spiro atoms. The number of carbonyl (C=O) groups excluding carboxylic acids is 1. The predicted octanol–water partition coefficient (Wildman–Crippen LogP) is 1.91. The van der Waals surface area contributed by atoms with Crippen LogP contribution in [0.15, 0.2) is 22.9 Å². The second-order valence-corrected chi connectivity index (χ2v) is 5.82. The minimum absolute atomic E-state index is 0.0591. The molecular formula is C15H21N5O2. The van der Waals surface area contributed by atoms with Gasteiger partial charge in [-0.3, -0.25) is 20.1 Å². The maximum atomic E-state index is 12.3. The third kappa shape index (κ3) is 3.19. The second kappa shape index (κ2) is 6.31. The number of aryl methyl sites for hydroxylation is 1. The van der Waals surface area contributed by atoms with E-state index in [-0.39, 0.29) is 11.9 Å². The van der Waals surface area contributed by atoms with Gasteiger partial charge in [0, 0.05) is 23.9 Å². The monoisotopic (exact) mass is 303 g/mol. The molecule has 1 aliphatic rings. The van der Waals surface area contributed by atoms with Crippen molar-refractivity contribution in [1.82, 2.24) is 20.3 Å². The largest absolute Gasteiger partial charge is 0.338 e. The van der Waals surface area contributed by atoms with Crippen molar-refractivity contribution in [3.8, 4) is 0 Å². The Balaban J connectivity index is 1.53. The second-order valence-electron chi connectivity index (χ2n) is 5.82. The summed E-state index contributed by atoms with van der Waals surface area (Å²) >= 11 is 0. The Kier molecular flexibility index (Phi) is 4.24. The van der Waals surface area contributed by atoms with Gasteiger partial charge in [0.05, 0.1) is 11.7 Å². The van der Waals surface area contributed by atoms with Gasteiger partial charge in [-0.05, 0) is 45.8 Å². The highest BCUT2D eigenvalue weighted by molar-refractivity contribution is 5.93. The summed E-state index contributed by atoms with van der Waals surface area (Å²) in [7, 11) is 0. The SMILES string of the molecule is Cc1cc(NC(=O)[C@@H](C)N2CCC(c3ccn[nH]3)CC2)on1. The fourth-order valence-corrected chi connectivity index (χ4v) is 2.91. The number of aromatic nitrogens is 3. The van der Waals surface area contributed by atoms with Crippen molar-refractivity contribution in [2.75, 3.05) is 18.4 Å². The molecule has 0 unspecified atom stereocenters. The summed E-state index contributed by atoms with van der Waals surface area (Å²) in [4.78, 5) is 14.5. The molecule has 0 aliphatic carbocycles. The lowest BCUT2D eigenvalue weighted by molar-refractivity contribution is -0.121. The van der Waals surface area contributed by atoms with Crippen molar-refractivity contribution in [2.24, 2.45) is 0 Å². The topological polar surface area (TPSA) is 87.0 Å². The van der Waals surface area contributed by atoms with Gasteiger partial charge in [-0.15, -0.1) is 0 Å². The molecule has 2 aromatic heterocycles. The molecule has 0 saturated carbocycles. The third-order valence-electron chi connectivity index (χ3n) is 4.29. The minimum atomic E-state index is -0.187. The summed E-state index contributed by atoms with van der Waals surface area (Å²) in [5.41, 5.74) is 1.94. The smallest absolute Gasteiger partial charge is 0.243 e. The van der Waals surface area contributed by atoms with Crippen LogP contribution in [-0.4, -0.2) is 45.3 Å². The van der Waals surface area contributed by atoms with Crippen LogP contribution >= 0.6 is 0 Å². The van der Waals surface area contributed by atoms with Gasteiger partial charge in [0.1, 0.15) is 0 Å². The lowest BCUT2D eigenvalue weighted by Gasteiger charge is -2.34. The molecule has 1 aliphatic heterocycles. The molecule has 0 bridgehead atoms. The summed E-state index contributed by atoms with van der Waals surface area (Å²) in [5.74, 6) is 0.851. The molecule has 1 saturated heterocycles. The van der Waals surface area contributed by atoms with E-state index < -0.39 is 0 Å². The highest BCUT2D eigenvalue weighted by Gasteiger charge is 2.28. The van der Waals surface area contributed by atoms with Gasteiger partial charge < -0.3 is 4.52 Å². The first kappa shape index (κ1) is 14.8. The van der Waals surface area contributed by atoms with Crippen molar-refractivity contribution in [2.45, 2.75) is 38.6 Å². The number of H-pyrrole nitrogens is 1. The number of amides is 1. The quantitative estimate of drug-likeness (QED) is 0.901. The van der Waals surface area contributed by atoms with Crippen LogP contribution in [-0.2, 0) is 4.79 Å². The number of likely N-dealkylation sites (tertiary alicyclic amines) is 1. The van der Waals surface area contributed by atoms with E-state index in [0.717, 1.165) is 31.6 Å². The maximum absolute atomic E-state index is 12.3. The molecule has 1 amide bonds. The fourth-order valence-electron chi connectivity index (χ4n) is 2.91. The predicted molar refractivity (Wildman–Crippen MR) is 81.5 cm³/mol. The number of piperidine rings is 1. The third-order valence-corrected chi connectivity index (χ3v) is 4.29. The zero-order chi connectivity index (χ0) is 15.5. The van der Waals surface area contributed by atoms with E-state index in [4.69, 9.17) is 4.52 Å². The van der Waals surface area contributed by atoms with E-state index in [2.05, 4.69) is 25.6 Å². The Morgan fingerprint density at radius 1 is 1.50 bits per heavy atom. The first-order chi connectivity index (χ1) is 10.6. The summed E-state index contributed by atoms with van der Waals surface area (Å²) in [6.45, 7) is 5.54. The van der Waals surface area contributed by atoms with Crippen LogP contribution in [0.5, 0.6) is 0 Å². The van der Waals surface area contributed by atoms with Gasteiger partial charge in [0.25, 0.3) is 0 Å². The molecule has 7 heteroatoms. The molecule has 22 heavy (non-hydrogen) atoms. The lowest BCUT2D eigenvalue weighted by Crippen LogP contribution is -2.45. The number of aromatic amines is 1. The molecule has 118 valence electrons. The molecule has 7 nitrogen and oxygen atoms in total. The fraction of sp³-hybridized carbons (Fsp3) is 0.533. The first-order valence-electron chi connectivity index (χ1n) is 7.61. The van der Waals surface area contributed by atoms with Crippen molar-refractivity contribution in [3.63, 3.8) is 0 Å². The minimum Gasteiger partial charge on any atom is -0.338 e. The summed E-state index contributed by atoms with van der Waals surface area (Å²) in [6.07, 6.45) is 3.85. The van der Waals surface area contributed by atoms with E-state index in [9.17, 15) is 4.79 Å². The molecule has 0 radical (unpaired) electrons. The molecule has 1 atom stereocenters. The van der Waals surface area contributed by atoms with Gasteiger partial charge in [-0.2, -0.15) is 5.10 Å². The van der Waals surface area contributed by atoms with Crippen molar-refractivity contribution >= 4 is 11.8 Å². The van der Waals surface area contributed by atoms with Gasteiger partial charge in [-0.25, -0.2) is 0 Å². The first-order valence-corrected chi connectivity index (χ1v) is 7.61.